The lowest BCUT2D eigenvalue weighted by atomic mass is 10.1. The van der Waals surface area contributed by atoms with Crippen LogP contribution in [-0.2, 0) is 6.42 Å². The molecule has 106 valence electrons. The molecule has 2 aromatic rings. The van der Waals surface area contributed by atoms with Gasteiger partial charge < -0.3 is 5.32 Å². The molecule has 0 aliphatic carbocycles. The van der Waals surface area contributed by atoms with E-state index in [4.69, 9.17) is 0 Å². The van der Waals surface area contributed by atoms with Gasteiger partial charge in [0.05, 0.1) is 0 Å². The van der Waals surface area contributed by atoms with Gasteiger partial charge in [-0.3, -0.25) is 4.98 Å². The van der Waals surface area contributed by atoms with Crippen molar-refractivity contribution in [3.63, 3.8) is 0 Å². The summed E-state index contributed by atoms with van der Waals surface area (Å²) in [5.74, 6) is 2.12. The van der Waals surface area contributed by atoms with Gasteiger partial charge in [0.25, 0.3) is 0 Å². The number of rotatable bonds is 5. The minimum atomic E-state index is 0.300. The largest absolute Gasteiger partial charge is 0.367 e. The van der Waals surface area contributed by atoms with Gasteiger partial charge >= 0.3 is 0 Å². The molecule has 1 N–H and O–H groups in total. The highest BCUT2D eigenvalue weighted by atomic mass is 15.0. The normalized spacial score (nSPS) is 12.4. The maximum atomic E-state index is 4.46. The van der Waals surface area contributed by atoms with Crippen molar-refractivity contribution in [3.05, 3.63) is 47.7 Å². The molecule has 20 heavy (non-hydrogen) atoms. The van der Waals surface area contributed by atoms with Crippen molar-refractivity contribution in [2.45, 2.75) is 46.1 Å². The van der Waals surface area contributed by atoms with Crippen LogP contribution in [0.25, 0.3) is 0 Å². The molecule has 2 rings (SSSR count). The molecule has 4 heteroatoms. The molecule has 2 heterocycles. The van der Waals surface area contributed by atoms with Crippen LogP contribution in [0.1, 0.15) is 43.8 Å². The highest BCUT2D eigenvalue weighted by Crippen LogP contribution is 2.16. The molecule has 0 aliphatic rings. The van der Waals surface area contributed by atoms with Crippen molar-refractivity contribution in [2.24, 2.45) is 0 Å². The Bertz CT molecular complexity index is 552. The van der Waals surface area contributed by atoms with Gasteiger partial charge in [-0.05, 0) is 37.8 Å². The van der Waals surface area contributed by atoms with E-state index in [1.165, 1.54) is 5.56 Å². The Morgan fingerprint density at radius 2 is 2.00 bits per heavy atom. The zero-order valence-electron chi connectivity index (χ0n) is 12.6. The molecule has 0 bridgehead atoms. The Labute approximate surface area is 120 Å². The molecular formula is C16H22N4. The predicted octanol–water partition coefficient (Wildman–Crippen LogP) is 3.35. The number of nitrogens with zero attached hydrogens (tertiary/aromatic N) is 3. The van der Waals surface area contributed by atoms with E-state index in [1.807, 2.05) is 25.3 Å². The molecule has 0 saturated carbocycles. The van der Waals surface area contributed by atoms with Gasteiger partial charge in [0.15, 0.2) is 0 Å². The molecule has 1 unspecified atom stereocenters. The molecule has 1 atom stereocenters. The van der Waals surface area contributed by atoms with Crippen molar-refractivity contribution < 1.29 is 0 Å². The second-order valence-corrected chi connectivity index (χ2v) is 5.49. The molecular weight excluding hydrogens is 248 g/mol. The summed E-state index contributed by atoms with van der Waals surface area (Å²) >= 11 is 0. The van der Waals surface area contributed by atoms with E-state index in [0.717, 1.165) is 23.8 Å². The van der Waals surface area contributed by atoms with E-state index in [2.05, 4.69) is 47.1 Å². The molecule has 0 radical (unpaired) electrons. The molecule has 0 spiro atoms. The molecule has 0 fully saturated rings. The highest BCUT2D eigenvalue weighted by Gasteiger charge is 2.08. The number of pyridine rings is 1. The first-order chi connectivity index (χ1) is 9.54. The summed E-state index contributed by atoms with van der Waals surface area (Å²) in [5.41, 5.74) is 2.30. The van der Waals surface area contributed by atoms with Gasteiger partial charge in [-0.2, -0.15) is 0 Å². The van der Waals surface area contributed by atoms with Crippen LogP contribution in [0.4, 0.5) is 5.82 Å². The van der Waals surface area contributed by atoms with E-state index in [9.17, 15) is 0 Å². The first-order valence-corrected chi connectivity index (χ1v) is 7.05. The number of aryl methyl sites for hydroxylation is 1. The van der Waals surface area contributed by atoms with Gasteiger partial charge in [0, 0.05) is 30.2 Å². The van der Waals surface area contributed by atoms with Gasteiger partial charge in [-0.15, -0.1) is 0 Å². The first kappa shape index (κ1) is 14.4. The van der Waals surface area contributed by atoms with Crippen molar-refractivity contribution in [3.8, 4) is 0 Å². The van der Waals surface area contributed by atoms with Crippen LogP contribution in [0.5, 0.6) is 0 Å². The second-order valence-electron chi connectivity index (χ2n) is 5.49. The van der Waals surface area contributed by atoms with Gasteiger partial charge in [-0.1, -0.05) is 19.9 Å². The third kappa shape index (κ3) is 4.02. The fraction of sp³-hybridized carbons (Fsp3) is 0.438. The maximum absolute atomic E-state index is 4.46. The molecule has 4 nitrogen and oxygen atoms in total. The summed E-state index contributed by atoms with van der Waals surface area (Å²) in [7, 11) is 0. The maximum Gasteiger partial charge on any atom is 0.130 e. The fourth-order valence-corrected chi connectivity index (χ4v) is 2.14. The van der Waals surface area contributed by atoms with Crippen LogP contribution < -0.4 is 5.32 Å². The standard InChI is InChI=1S/C16H22N4/c1-11(2)15-9-16(20-13(4)19-15)18-12(3)8-14-6-5-7-17-10-14/h5-7,9-12H,8H2,1-4H3,(H,18,19,20). The van der Waals surface area contributed by atoms with Gasteiger partial charge in [0.2, 0.25) is 0 Å². The smallest absolute Gasteiger partial charge is 0.130 e. The average Bonchev–Trinajstić information content (AvgIpc) is 2.38. The number of hydrogen-bond acceptors (Lipinski definition) is 4. The first-order valence-electron chi connectivity index (χ1n) is 7.05. The minimum absolute atomic E-state index is 0.300. The topological polar surface area (TPSA) is 50.7 Å². The lowest BCUT2D eigenvalue weighted by Crippen LogP contribution is -2.19. The summed E-state index contributed by atoms with van der Waals surface area (Å²) in [6.45, 7) is 8.37. The monoisotopic (exact) mass is 270 g/mol. The average molecular weight is 270 g/mol. The van der Waals surface area contributed by atoms with Gasteiger partial charge in [0.1, 0.15) is 11.6 Å². The summed E-state index contributed by atoms with van der Waals surface area (Å²) < 4.78 is 0. The van der Waals surface area contributed by atoms with E-state index >= 15 is 0 Å². The fourth-order valence-electron chi connectivity index (χ4n) is 2.14. The van der Waals surface area contributed by atoms with Crippen molar-refractivity contribution >= 4 is 5.82 Å². The molecule has 0 aromatic carbocycles. The number of anilines is 1. The highest BCUT2D eigenvalue weighted by molar-refractivity contribution is 5.38. The van der Waals surface area contributed by atoms with Crippen LogP contribution >= 0.6 is 0 Å². The van der Waals surface area contributed by atoms with Crippen LogP contribution in [0.3, 0.4) is 0 Å². The Balaban J connectivity index is 2.06. The zero-order chi connectivity index (χ0) is 14.5. The third-order valence-electron chi connectivity index (χ3n) is 3.11. The molecule has 0 saturated heterocycles. The molecule has 0 amide bonds. The number of nitrogens with one attached hydrogen (secondary N) is 1. The van der Waals surface area contributed by atoms with Crippen LogP contribution in [0.15, 0.2) is 30.6 Å². The second kappa shape index (κ2) is 6.46. The molecule has 0 aliphatic heterocycles. The predicted molar refractivity (Wildman–Crippen MR) is 81.9 cm³/mol. The number of aromatic nitrogens is 3. The van der Waals surface area contributed by atoms with Crippen molar-refractivity contribution in [2.75, 3.05) is 5.32 Å². The lowest BCUT2D eigenvalue weighted by Gasteiger charge is -2.16. The summed E-state index contributed by atoms with van der Waals surface area (Å²) in [6.07, 6.45) is 4.63. The van der Waals surface area contributed by atoms with E-state index in [0.29, 0.717) is 12.0 Å². The summed E-state index contributed by atoms with van der Waals surface area (Å²) in [5, 5.41) is 3.45. The summed E-state index contributed by atoms with van der Waals surface area (Å²) in [6, 6.07) is 6.40. The Hall–Kier alpha value is -1.97. The third-order valence-corrected chi connectivity index (χ3v) is 3.11. The summed E-state index contributed by atoms with van der Waals surface area (Å²) in [4.78, 5) is 13.1. The Morgan fingerprint density at radius 3 is 2.65 bits per heavy atom. The van der Waals surface area contributed by atoms with E-state index in [-0.39, 0.29) is 0 Å². The van der Waals surface area contributed by atoms with Crippen LogP contribution in [0.2, 0.25) is 0 Å². The Morgan fingerprint density at radius 1 is 1.20 bits per heavy atom. The number of hydrogen-bond donors (Lipinski definition) is 1. The quantitative estimate of drug-likeness (QED) is 0.905. The van der Waals surface area contributed by atoms with Gasteiger partial charge in [-0.25, -0.2) is 9.97 Å². The molecule has 2 aromatic heterocycles. The van der Waals surface area contributed by atoms with E-state index in [1.54, 1.807) is 6.20 Å². The lowest BCUT2D eigenvalue weighted by molar-refractivity contribution is 0.766. The van der Waals surface area contributed by atoms with Crippen LogP contribution in [0, 0.1) is 6.92 Å². The minimum Gasteiger partial charge on any atom is -0.367 e. The zero-order valence-corrected chi connectivity index (χ0v) is 12.6. The van der Waals surface area contributed by atoms with Crippen molar-refractivity contribution in [1.29, 1.82) is 0 Å². The SMILES string of the molecule is Cc1nc(NC(C)Cc2cccnc2)cc(C(C)C)n1. The van der Waals surface area contributed by atoms with Crippen LogP contribution in [-0.4, -0.2) is 21.0 Å². The van der Waals surface area contributed by atoms with Crippen molar-refractivity contribution in [1.82, 2.24) is 15.0 Å². The Kier molecular flexibility index (Phi) is 4.66. The van der Waals surface area contributed by atoms with E-state index < -0.39 is 0 Å².